The molecule has 4 heteroatoms. The van der Waals surface area contributed by atoms with Crippen molar-refractivity contribution in [2.45, 2.75) is 26.3 Å². The largest absolute Gasteiger partial charge is 0.368 e. The van der Waals surface area contributed by atoms with Gasteiger partial charge in [-0.1, -0.05) is 5.57 Å². The molecule has 0 aliphatic rings. The van der Waals surface area contributed by atoms with Crippen LogP contribution in [0.15, 0.2) is 12.2 Å². The zero-order valence-electron chi connectivity index (χ0n) is 7.39. The Bertz CT molecular complexity index is 195. The molecule has 1 atom stereocenters. The summed E-state index contributed by atoms with van der Waals surface area (Å²) in [4.78, 5) is 21.3. The van der Waals surface area contributed by atoms with Gasteiger partial charge in [-0.15, -0.1) is 6.58 Å². The van der Waals surface area contributed by atoms with Gasteiger partial charge in [0.1, 0.15) is 6.04 Å². The molecule has 4 nitrogen and oxygen atoms in total. The van der Waals surface area contributed by atoms with Crippen molar-refractivity contribution in [1.29, 1.82) is 0 Å². The molecule has 0 aliphatic carbocycles. The van der Waals surface area contributed by atoms with E-state index in [0.717, 1.165) is 5.57 Å². The molecular formula is C8H14N2O2. The number of carbonyl (C=O) groups excluding carboxylic acids is 2. The average molecular weight is 170 g/mol. The maximum atomic E-state index is 10.7. The lowest BCUT2D eigenvalue weighted by molar-refractivity contribution is -0.126. The highest BCUT2D eigenvalue weighted by Gasteiger charge is 2.15. The van der Waals surface area contributed by atoms with E-state index in [1.165, 1.54) is 6.92 Å². The SMILES string of the molecule is C=C(C)CC(NC(C)=O)C(N)=O. The lowest BCUT2D eigenvalue weighted by Gasteiger charge is -2.13. The fourth-order valence-electron chi connectivity index (χ4n) is 0.817. The van der Waals surface area contributed by atoms with Gasteiger partial charge in [-0.3, -0.25) is 9.59 Å². The van der Waals surface area contributed by atoms with Gasteiger partial charge in [0.25, 0.3) is 0 Å². The van der Waals surface area contributed by atoms with Crippen LogP contribution >= 0.6 is 0 Å². The molecule has 0 rings (SSSR count). The van der Waals surface area contributed by atoms with Crippen molar-refractivity contribution in [3.05, 3.63) is 12.2 Å². The van der Waals surface area contributed by atoms with E-state index in [4.69, 9.17) is 5.73 Å². The summed E-state index contributed by atoms with van der Waals surface area (Å²) in [6.07, 6.45) is 0.398. The minimum atomic E-state index is -0.625. The first kappa shape index (κ1) is 10.7. The third-order valence-electron chi connectivity index (χ3n) is 1.27. The Morgan fingerprint density at radius 1 is 1.50 bits per heavy atom. The van der Waals surface area contributed by atoms with Gasteiger partial charge < -0.3 is 11.1 Å². The normalized spacial score (nSPS) is 11.8. The third-order valence-corrected chi connectivity index (χ3v) is 1.27. The summed E-state index contributed by atoms with van der Waals surface area (Å²) in [7, 11) is 0. The van der Waals surface area contributed by atoms with Gasteiger partial charge in [0, 0.05) is 6.92 Å². The van der Waals surface area contributed by atoms with Crippen LogP contribution in [-0.2, 0) is 9.59 Å². The number of primary amides is 1. The molecule has 0 aliphatic heterocycles. The quantitative estimate of drug-likeness (QED) is 0.580. The second kappa shape index (κ2) is 4.54. The lowest BCUT2D eigenvalue weighted by Crippen LogP contribution is -2.43. The summed E-state index contributed by atoms with van der Waals surface area (Å²) in [5.41, 5.74) is 5.85. The number of nitrogens with one attached hydrogen (secondary N) is 1. The minimum Gasteiger partial charge on any atom is -0.368 e. The number of hydrogen-bond donors (Lipinski definition) is 2. The van der Waals surface area contributed by atoms with Crippen molar-refractivity contribution in [3.8, 4) is 0 Å². The van der Waals surface area contributed by atoms with Crippen LogP contribution < -0.4 is 11.1 Å². The van der Waals surface area contributed by atoms with Crippen molar-refractivity contribution >= 4 is 11.8 Å². The molecule has 0 saturated heterocycles. The van der Waals surface area contributed by atoms with Gasteiger partial charge in [0.2, 0.25) is 11.8 Å². The van der Waals surface area contributed by atoms with Crippen molar-refractivity contribution in [3.63, 3.8) is 0 Å². The smallest absolute Gasteiger partial charge is 0.240 e. The van der Waals surface area contributed by atoms with Crippen LogP contribution in [0, 0.1) is 0 Å². The van der Waals surface area contributed by atoms with Crippen molar-refractivity contribution in [2.75, 3.05) is 0 Å². The topological polar surface area (TPSA) is 72.2 Å². The number of nitrogens with two attached hydrogens (primary N) is 1. The van der Waals surface area contributed by atoms with E-state index in [2.05, 4.69) is 11.9 Å². The molecule has 0 radical (unpaired) electrons. The molecule has 68 valence electrons. The predicted octanol–water partition coefficient (Wildman–Crippen LogP) is -0.0574. The van der Waals surface area contributed by atoms with Gasteiger partial charge in [0.05, 0.1) is 0 Å². The first-order valence-electron chi connectivity index (χ1n) is 3.64. The lowest BCUT2D eigenvalue weighted by atomic mass is 10.1. The Kier molecular flexibility index (Phi) is 4.04. The Morgan fingerprint density at radius 2 is 2.00 bits per heavy atom. The molecular weight excluding hydrogens is 156 g/mol. The highest BCUT2D eigenvalue weighted by Crippen LogP contribution is 2.00. The summed E-state index contributed by atoms with van der Waals surface area (Å²) < 4.78 is 0. The van der Waals surface area contributed by atoms with Crippen molar-refractivity contribution in [2.24, 2.45) is 5.73 Å². The number of rotatable bonds is 4. The van der Waals surface area contributed by atoms with Crippen LogP contribution in [-0.4, -0.2) is 17.9 Å². The van der Waals surface area contributed by atoms with Gasteiger partial charge in [-0.2, -0.15) is 0 Å². The number of carbonyl (C=O) groups is 2. The van der Waals surface area contributed by atoms with Gasteiger partial charge in [-0.25, -0.2) is 0 Å². The Hall–Kier alpha value is -1.32. The van der Waals surface area contributed by atoms with E-state index < -0.39 is 11.9 Å². The molecule has 0 aromatic rings. The zero-order chi connectivity index (χ0) is 9.72. The fourth-order valence-corrected chi connectivity index (χ4v) is 0.817. The highest BCUT2D eigenvalue weighted by molar-refractivity contribution is 5.85. The molecule has 0 aromatic heterocycles. The molecule has 3 N–H and O–H groups in total. The van der Waals surface area contributed by atoms with Crippen LogP contribution in [0.4, 0.5) is 0 Å². The summed E-state index contributed by atoms with van der Waals surface area (Å²) in [6, 6.07) is -0.625. The monoisotopic (exact) mass is 170 g/mol. The molecule has 0 bridgehead atoms. The Labute approximate surface area is 71.8 Å². The molecule has 0 saturated carbocycles. The van der Waals surface area contributed by atoms with Crippen LogP contribution in [0.2, 0.25) is 0 Å². The summed E-state index contributed by atoms with van der Waals surface area (Å²) in [5.74, 6) is -0.798. The fraction of sp³-hybridized carbons (Fsp3) is 0.500. The molecule has 2 amide bonds. The number of amides is 2. The first-order valence-corrected chi connectivity index (χ1v) is 3.64. The maximum Gasteiger partial charge on any atom is 0.240 e. The van der Waals surface area contributed by atoms with Crippen molar-refractivity contribution < 1.29 is 9.59 Å². The molecule has 0 spiro atoms. The molecule has 0 aromatic carbocycles. The molecule has 0 fully saturated rings. The molecule has 0 heterocycles. The average Bonchev–Trinajstić information content (AvgIpc) is 1.83. The molecule has 12 heavy (non-hydrogen) atoms. The zero-order valence-corrected chi connectivity index (χ0v) is 7.39. The van der Waals surface area contributed by atoms with E-state index in [0.29, 0.717) is 6.42 Å². The van der Waals surface area contributed by atoms with Crippen molar-refractivity contribution in [1.82, 2.24) is 5.32 Å². The Morgan fingerprint density at radius 3 is 2.25 bits per heavy atom. The van der Waals surface area contributed by atoms with E-state index in [-0.39, 0.29) is 5.91 Å². The predicted molar refractivity (Wildman–Crippen MR) is 46.2 cm³/mol. The van der Waals surface area contributed by atoms with E-state index in [1.54, 1.807) is 6.92 Å². The highest BCUT2D eigenvalue weighted by atomic mass is 16.2. The first-order chi connectivity index (χ1) is 5.43. The minimum absolute atomic E-state index is 0.264. The molecule has 1 unspecified atom stereocenters. The van der Waals surface area contributed by atoms with Crippen LogP contribution in [0.1, 0.15) is 20.3 Å². The van der Waals surface area contributed by atoms with E-state index >= 15 is 0 Å². The van der Waals surface area contributed by atoms with Crippen LogP contribution in [0.5, 0.6) is 0 Å². The van der Waals surface area contributed by atoms with Gasteiger partial charge in [0.15, 0.2) is 0 Å². The number of hydrogen-bond acceptors (Lipinski definition) is 2. The van der Waals surface area contributed by atoms with Gasteiger partial charge in [-0.05, 0) is 13.3 Å². The Balaban J connectivity index is 4.14. The van der Waals surface area contributed by atoms with Gasteiger partial charge >= 0.3 is 0 Å². The second-order valence-corrected chi connectivity index (χ2v) is 2.82. The van der Waals surface area contributed by atoms with E-state index in [9.17, 15) is 9.59 Å². The second-order valence-electron chi connectivity index (χ2n) is 2.82. The van der Waals surface area contributed by atoms with Crippen LogP contribution in [0.25, 0.3) is 0 Å². The summed E-state index contributed by atoms with van der Waals surface area (Å²) >= 11 is 0. The van der Waals surface area contributed by atoms with Crippen LogP contribution in [0.3, 0.4) is 0 Å². The maximum absolute atomic E-state index is 10.7. The van der Waals surface area contributed by atoms with E-state index in [1.807, 2.05) is 0 Å². The third kappa shape index (κ3) is 4.49. The summed E-state index contributed by atoms with van der Waals surface area (Å²) in [6.45, 7) is 6.74. The standard InChI is InChI=1S/C8H14N2O2/c1-5(2)4-7(8(9)12)10-6(3)11/h7H,1,4H2,2-3H3,(H2,9,12)(H,10,11). The summed E-state index contributed by atoms with van der Waals surface area (Å²) in [5, 5.41) is 2.44.